The molecular formula is C14H17NO2. The molecule has 90 valence electrons. The van der Waals surface area contributed by atoms with Gasteiger partial charge in [-0.3, -0.25) is 9.69 Å². The molecule has 1 aromatic rings. The summed E-state index contributed by atoms with van der Waals surface area (Å²) in [5.41, 5.74) is 0.0415. The van der Waals surface area contributed by atoms with Gasteiger partial charge in [0.15, 0.2) is 0 Å². The number of carboxylic acids is 1. The number of rotatable bonds is 3. The molecule has 0 saturated heterocycles. The smallest absolute Gasteiger partial charge is 0.323 e. The molecule has 0 saturated carbocycles. The lowest BCUT2D eigenvalue weighted by Crippen LogP contribution is -2.47. The van der Waals surface area contributed by atoms with Crippen LogP contribution in [-0.2, 0) is 4.79 Å². The highest BCUT2D eigenvalue weighted by molar-refractivity contribution is 5.77. The summed E-state index contributed by atoms with van der Waals surface area (Å²) < 4.78 is 0. The number of nitrogens with zero attached hydrogens (tertiary/aromatic N) is 1. The molecule has 0 radical (unpaired) electrons. The van der Waals surface area contributed by atoms with Crippen LogP contribution >= 0.6 is 0 Å². The number of hydrogen-bond acceptors (Lipinski definition) is 2. The minimum Gasteiger partial charge on any atom is -0.480 e. The van der Waals surface area contributed by atoms with E-state index in [0.717, 1.165) is 5.56 Å². The molecule has 17 heavy (non-hydrogen) atoms. The van der Waals surface area contributed by atoms with E-state index in [2.05, 4.69) is 11.8 Å². The van der Waals surface area contributed by atoms with Crippen molar-refractivity contribution in [2.75, 3.05) is 13.6 Å². The molecule has 0 unspecified atom stereocenters. The van der Waals surface area contributed by atoms with Crippen LogP contribution in [0.5, 0.6) is 0 Å². The number of benzene rings is 1. The summed E-state index contributed by atoms with van der Waals surface area (Å²) in [5, 5.41) is 9.04. The van der Waals surface area contributed by atoms with Crippen LogP contribution < -0.4 is 0 Å². The van der Waals surface area contributed by atoms with Crippen LogP contribution in [0.2, 0.25) is 0 Å². The third kappa shape index (κ3) is 3.61. The van der Waals surface area contributed by atoms with Gasteiger partial charge in [-0.25, -0.2) is 0 Å². The first-order valence-corrected chi connectivity index (χ1v) is 5.43. The maximum absolute atomic E-state index is 11.0. The zero-order chi connectivity index (χ0) is 12.9. The Labute approximate surface area is 102 Å². The summed E-state index contributed by atoms with van der Waals surface area (Å²) in [6.45, 7) is 3.76. The molecule has 0 spiro atoms. The largest absolute Gasteiger partial charge is 0.480 e. The maximum Gasteiger partial charge on any atom is 0.323 e. The van der Waals surface area contributed by atoms with Crippen LogP contribution in [0.4, 0.5) is 0 Å². The fourth-order valence-corrected chi connectivity index (χ4v) is 1.14. The second kappa shape index (κ2) is 5.51. The first kappa shape index (κ1) is 13.3. The number of carbonyl (C=O) groups is 1. The molecule has 0 aliphatic carbocycles. The molecule has 0 aromatic heterocycles. The second-order valence-corrected chi connectivity index (χ2v) is 4.39. The molecule has 1 aromatic carbocycles. The van der Waals surface area contributed by atoms with Gasteiger partial charge in [0.1, 0.15) is 5.54 Å². The molecule has 3 heteroatoms. The molecule has 0 amide bonds. The number of likely N-dealkylation sites (N-methyl/N-ethyl adjacent to an activating group) is 1. The van der Waals surface area contributed by atoms with Crippen molar-refractivity contribution in [3.8, 4) is 11.8 Å². The van der Waals surface area contributed by atoms with Gasteiger partial charge in [-0.2, -0.15) is 0 Å². The van der Waals surface area contributed by atoms with Crippen molar-refractivity contribution in [1.82, 2.24) is 4.90 Å². The van der Waals surface area contributed by atoms with Crippen LogP contribution in [0.1, 0.15) is 19.4 Å². The van der Waals surface area contributed by atoms with E-state index in [9.17, 15) is 4.79 Å². The highest BCUT2D eigenvalue weighted by Gasteiger charge is 2.31. The third-order valence-electron chi connectivity index (χ3n) is 2.80. The Morgan fingerprint density at radius 2 is 1.94 bits per heavy atom. The monoisotopic (exact) mass is 231 g/mol. The van der Waals surface area contributed by atoms with E-state index in [1.165, 1.54) is 0 Å². The Morgan fingerprint density at radius 3 is 2.47 bits per heavy atom. The second-order valence-electron chi connectivity index (χ2n) is 4.39. The first-order valence-electron chi connectivity index (χ1n) is 5.43. The minimum absolute atomic E-state index is 0.425. The van der Waals surface area contributed by atoms with Gasteiger partial charge in [-0.1, -0.05) is 30.0 Å². The molecule has 0 aliphatic rings. The Bertz CT molecular complexity index is 440. The van der Waals surface area contributed by atoms with E-state index in [1.54, 1.807) is 25.8 Å². The summed E-state index contributed by atoms with van der Waals surface area (Å²) in [6, 6.07) is 9.64. The minimum atomic E-state index is -0.897. The van der Waals surface area contributed by atoms with Crippen molar-refractivity contribution >= 4 is 5.97 Å². The van der Waals surface area contributed by atoms with Crippen LogP contribution in [-0.4, -0.2) is 35.1 Å². The van der Waals surface area contributed by atoms with Crippen LogP contribution in [0, 0.1) is 11.8 Å². The third-order valence-corrected chi connectivity index (χ3v) is 2.80. The predicted molar refractivity (Wildman–Crippen MR) is 67.7 cm³/mol. The van der Waals surface area contributed by atoms with E-state index in [4.69, 9.17) is 5.11 Å². The van der Waals surface area contributed by atoms with Gasteiger partial charge in [-0.05, 0) is 33.0 Å². The average molecular weight is 231 g/mol. The molecule has 0 atom stereocenters. The lowest BCUT2D eigenvalue weighted by molar-refractivity contribution is -0.148. The molecule has 0 aliphatic heterocycles. The zero-order valence-electron chi connectivity index (χ0n) is 10.4. The standard InChI is InChI=1S/C14H17NO2/c1-14(2,13(16)17)15(3)11-7-10-12-8-5-4-6-9-12/h4-6,8-9H,11H2,1-3H3,(H,16,17). The summed E-state index contributed by atoms with van der Waals surface area (Å²) in [4.78, 5) is 12.7. The normalized spacial score (nSPS) is 10.8. The molecule has 3 nitrogen and oxygen atoms in total. The first-order chi connectivity index (χ1) is 7.94. The lowest BCUT2D eigenvalue weighted by atomic mass is 10.0. The Kier molecular flexibility index (Phi) is 4.30. The summed E-state index contributed by atoms with van der Waals surface area (Å²) in [7, 11) is 1.76. The number of hydrogen-bond donors (Lipinski definition) is 1. The van der Waals surface area contributed by atoms with Crippen molar-refractivity contribution < 1.29 is 9.90 Å². The van der Waals surface area contributed by atoms with E-state index < -0.39 is 11.5 Å². The van der Waals surface area contributed by atoms with E-state index in [-0.39, 0.29) is 0 Å². The molecule has 0 heterocycles. The molecule has 1 N–H and O–H groups in total. The van der Waals surface area contributed by atoms with Gasteiger partial charge >= 0.3 is 5.97 Å². The maximum atomic E-state index is 11.0. The van der Waals surface area contributed by atoms with Crippen molar-refractivity contribution in [1.29, 1.82) is 0 Å². The quantitative estimate of drug-likeness (QED) is 0.807. The number of aliphatic carboxylic acids is 1. The van der Waals surface area contributed by atoms with Gasteiger partial charge in [0, 0.05) is 5.56 Å². The SMILES string of the molecule is CN(CC#Cc1ccccc1)C(C)(C)C(=O)O. The lowest BCUT2D eigenvalue weighted by Gasteiger charge is -2.29. The highest BCUT2D eigenvalue weighted by atomic mass is 16.4. The Balaban J connectivity index is 2.64. The molecule has 0 bridgehead atoms. The Morgan fingerprint density at radius 1 is 1.35 bits per heavy atom. The number of carboxylic acid groups (broad SMARTS) is 1. The van der Waals surface area contributed by atoms with Crippen LogP contribution in [0.15, 0.2) is 30.3 Å². The fraction of sp³-hybridized carbons (Fsp3) is 0.357. The van der Waals surface area contributed by atoms with Crippen molar-refractivity contribution in [3.05, 3.63) is 35.9 Å². The molecular weight excluding hydrogens is 214 g/mol. The summed E-state index contributed by atoms with van der Waals surface area (Å²) >= 11 is 0. The average Bonchev–Trinajstić information content (AvgIpc) is 2.30. The zero-order valence-corrected chi connectivity index (χ0v) is 10.4. The van der Waals surface area contributed by atoms with Crippen LogP contribution in [0.25, 0.3) is 0 Å². The summed E-state index contributed by atoms with van der Waals surface area (Å²) in [6.07, 6.45) is 0. The molecule has 1 rings (SSSR count). The molecule has 0 fully saturated rings. The predicted octanol–water partition coefficient (Wildman–Crippen LogP) is 1.83. The van der Waals surface area contributed by atoms with E-state index in [0.29, 0.717) is 6.54 Å². The Hall–Kier alpha value is -1.79. The van der Waals surface area contributed by atoms with Crippen molar-refractivity contribution in [3.63, 3.8) is 0 Å². The van der Waals surface area contributed by atoms with Crippen LogP contribution in [0.3, 0.4) is 0 Å². The topological polar surface area (TPSA) is 40.5 Å². The van der Waals surface area contributed by atoms with Gasteiger partial charge in [0.2, 0.25) is 0 Å². The van der Waals surface area contributed by atoms with E-state index in [1.807, 2.05) is 30.3 Å². The van der Waals surface area contributed by atoms with Gasteiger partial charge in [0.05, 0.1) is 6.54 Å². The van der Waals surface area contributed by atoms with Crippen molar-refractivity contribution in [2.45, 2.75) is 19.4 Å². The van der Waals surface area contributed by atoms with Gasteiger partial charge in [-0.15, -0.1) is 0 Å². The highest BCUT2D eigenvalue weighted by Crippen LogP contribution is 2.11. The summed E-state index contributed by atoms with van der Waals surface area (Å²) in [5.74, 6) is 5.13. The van der Waals surface area contributed by atoms with Gasteiger partial charge in [0.25, 0.3) is 0 Å². The van der Waals surface area contributed by atoms with Gasteiger partial charge < -0.3 is 5.11 Å². The van der Waals surface area contributed by atoms with Crippen molar-refractivity contribution in [2.24, 2.45) is 0 Å². The van der Waals surface area contributed by atoms with E-state index >= 15 is 0 Å². The fourth-order valence-electron chi connectivity index (χ4n) is 1.14.